The second-order valence-corrected chi connectivity index (χ2v) is 6.69. The lowest BCUT2D eigenvalue weighted by Gasteiger charge is -2.11. The van der Waals surface area contributed by atoms with Gasteiger partial charge in [0, 0.05) is 28.9 Å². The van der Waals surface area contributed by atoms with Gasteiger partial charge in [-0.15, -0.1) is 0 Å². The van der Waals surface area contributed by atoms with Crippen LogP contribution in [0.2, 0.25) is 0 Å². The Morgan fingerprint density at radius 2 is 1.67 bits per heavy atom. The summed E-state index contributed by atoms with van der Waals surface area (Å²) in [5.41, 5.74) is 1.68. The molecule has 0 aliphatic rings. The predicted molar refractivity (Wildman–Crippen MR) is 114 cm³/mol. The predicted octanol–water partition coefficient (Wildman–Crippen LogP) is 4.93. The van der Waals surface area contributed by atoms with E-state index < -0.39 is 10.8 Å². The van der Waals surface area contributed by atoms with Crippen LogP contribution >= 0.6 is 0 Å². The third-order valence-corrected chi connectivity index (χ3v) is 4.76. The fourth-order valence-electron chi connectivity index (χ4n) is 3.22. The van der Waals surface area contributed by atoms with E-state index in [2.05, 4.69) is 5.32 Å². The number of non-ortho nitro benzene ring substituents is 1. The molecule has 7 heteroatoms. The van der Waals surface area contributed by atoms with Crippen molar-refractivity contribution in [2.24, 2.45) is 0 Å². The van der Waals surface area contributed by atoms with E-state index in [9.17, 15) is 19.7 Å². The summed E-state index contributed by atoms with van der Waals surface area (Å²) in [6.07, 6.45) is 0. The van der Waals surface area contributed by atoms with Gasteiger partial charge < -0.3 is 9.73 Å². The Kier molecular flexibility index (Phi) is 4.85. The first-order chi connectivity index (χ1) is 14.5. The highest BCUT2D eigenvalue weighted by Gasteiger charge is 2.18. The first-order valence-electron chi connectivity index (χ1n) is 9.13. The van der Waals surface area contributed by atoms with E-state index >= 15 is 0 Å². The summed E-state index contributed by atoms with van der Waals surface area (Å²) in [5.74, 6) is -0.0795. The fraction of sp³-hybridized carbons (Fsp3) is 0.0435. The van der Waals surface area contributed by atoms with Gasteiger partial charge in [0.2, 0.25) is 0 Å². The number of benzene rings is 3. The molecule has 0 saturated carbocycles. The number of nitro groups is 1. The molecular weight excluding hydrogens is 384 g/mol. The zero-order valence-electron chi connectivity index (χ0n) is 15.9. The van der Waals surface area contributed by atoms with Crippen LogP contribution in [0.5, 0.6) is 0 Å². The van der Waals surface area contributed by atoms with Gasteiger partial charge in [-0.2, -0.15) is 0 Å². The van der Waals surface area contributed by atoms with Crippen molar-refractivity contribution in [3.05, 3.63) is 104 Å². The molecule has 0 saturated heterocycles. The maximum atomic E-state index is 12.9. The normalized spacial score (nSPS) is 10.7. The lowest BCUT2D eigenvalue weighted by atomic mass is 10.0. The van der Waals surface area contributed by atoms with Crippen LogP contribution in [0.3, 0.4) is 0 Å². The number of nitrogens with zero attached hydrogens (tertiary/aromatic N) is 1. The van der Waals surface area contributed by atoms with Crippen LogP contribution in [0.15, 0.2) is 82.0 Å². The number of carbonyl (C=O) groups is 1. The fourth-order valence-corrected chi connectivity index (χ4v) is 3.22. The number of nitrogens with one attached hydrogen (secondary N) is 1. The SMILES string of the molecule is Cc1c(-c2ccccc2)oc2c(C(=O)Nc3ccc([N+](=O)[O-])cc3)cccc2c1=O. The van der Waals surface area contributed by atoms with Crippen molar-refractivity contribution < 1.29 is 14.1 Å². The van der Waals surface area contributed by atoms with E-state index in [-0.39, 0.29) is 22.3 Å². The number of hydrogen-bond donors (Lipinski definition) is 1. The molecule has 0 atom stereocenters. The Bertz CT molecular complexity index is 1330. The van der Waals surface area contributed by atoms with Gasteiger partial charge in [0.1, 0.15) is 5.76 Å². The van der Waals surface area contributed by atoms with E-state index in [1.165, 1.54) is 24.3 Å². The van der Waals surface area contributed by atoms with E-state index in [1.54, 1.807) is 25.1 Å². The van der Waals surface area contributed by atoms with Crippen LogP contribution in [0, 0.1) is 17.0 Å². The van der Waals surface area contributed by atoms with Crippen molar-refractivity contribution in [3.8, 4) is 11.3 Å². The minimum Gasteiger partial charge on any atom is -0.455 e. The zero-order chi connectivity index (χ0) is 21.3. The number of fused-ring (bicyclic) bond motifs is 1. The number of nitro benzene ring substituents is 1. The van der Waals surface area contributed by atoms with Gasteiger partial charge in [-0.1, -0.05) is 36.4 Å². The second-order valence-electron chi connectivity index (χ2n) is 6.69. The quantitative estimate of drug-likeness (QED) is 0.386. The van der Waals surface area contributed by atoms with Gasteiger partial charge in [-0.05, 0) is 31.2 Å². The molecule has 148 valence electrons. The molecule has 1 N–H and O–H groups in total. The minimum absolute atomic E-state index is 0.0767. The number of hydrogen-bond acceptors (Lipinski definition) is 5. The molecule has 0 spiro atoms. The highest BCUT2D eigenvalue weighted by Crippen LogP contribution is 2.27. The molecule has 1 heterocycles. The Balaban J connectivity index is 1.79. The first kappa shape index (κ1) is 19.1. The van der Waals surface area contributed by atoms with Gasteiger partial charge in [0.05, 0.1) is 15.9 Å². The zero-order valence-corrected chi connectivity index (χ0v) is 15.9. The molecule has 0 unspecified atom stereocenters. The molecule has 4 aromatic rings. The van der Waals surface area contributed by atoms with Crippen molar-refractivity contribution in [1.29, 1.82) is 0 Å². The molecule has 30 heavy (non-hydrogen) atoms. The molecule has 4 rings (SSSR count). The molecule has 1 aromatic heterocycles. The first-order valence-corrected chi connectivity index (χ1v) is 9.13. The van der Waals surface area contributed by atoms with Crippen molar-refractivity contribution in [1.82, 2.24) is 0 Å². The number of para-hydroxylation sites is 1. The minimum atomic E-state index is -0.515. The van der Waals surface area contributed by atoms with Gasteiger partial charge >= 0.3 is 0 Å². The summed E-state index contributed by atoms with van der Waals surface area (Å²) in [6.45, 7) is 1.69. The van der Waals surface area contributed by atoms with Gasteiger partial charge in [0.25, 0.3) is 11.6 Å². The lowest BCUT2D eigenvalue weighted by molar-refractivity contribution is -0.384. The molecular formula is C23H16N2O5. The molecule has 0 bridgehead atoms. The Morgan fingerprint density at radius 1 is 0.967 bits per heavy atom. The average molecular weight is 400 g/mol. The van der Waals surface area contributed by atoms with Gasteiger partial charge in [0.15, 0.2) is 11.0 Å². The number of rotatable bonds is 4. The monoisotopic (exact) mass is 400 g/mol. The van der Waals surface area contributed by atoms with Crippen LogP contribution in [-0.4, -0.2) is 10.8 Å². The Morgan fingerprint density at radius 3 is 2.33 bits per heavy atom. The third kappa shape index (κ3) is 3.44. The number of anilines is 1. The van der Waals surface area contributed by atoms with E-state index in [0.29, 0.717) is 22.4 Å². The van der Waals surface area contributed by atoms with E-state index in [4.69, 9.17) is 4.42 Å². The van der Waals surface area contributed by atoms with Crippen LogP contribution in [0.4, 0.5) is 11.4 Å². The molecule has 0 fully saturated rings. The number of amides is 1. The highest BCUT2D eigenvalue weighted by molar-refractivity contribution is 6.11. The standard InChI is InChI=1S/C23H16N2O5/c1-14-20(26)18-8-5-9-19(22(18)30-21(14)15-6-3-2-4-7-15)23(27)24-16-10-12-17(13-11-16)25(28)29/h2-13H,1H3,(H,24,27). The number of carbonyl (C=O) groups excluding carboxylic acids is 1. The van der Waals surface area contributed by atoms with Crippen LogP contribution < -0.4 is 10.7 Å². The van der Waals surface area contributed by atoms with Crippen molar-refractivity contribution in [3.63, 3.8) is 0 Å². The molecule has 1 amide bonds. The van der Waals surface area contributed by atoms with E-state index in [0.717, 1.165) is 5.56 Å². The lowest BCUT2D eigenvalue weighted by Crippen LogP contribution is -2.15. The average Bonchev–Trinajstić information content (AvgIpc) is 2.76. The largest absolute Gasteiger partial charge is 0.455 e. The summed E-state index contributed by atoms with van der Waals surface area (Å²) >= 11 is 0. The van der Waals surface area contributed by atoms with Crippen molar-refractivity contribution >= 4 is 28.3 Å². The molecule has 7 nitrogen and oxygen atoms in total. The maximum Gasteiger partial charge on any atom is 0.269 e. The smallest absolute Gasteiger partial charge is 0.269 e. The second kappa shape index (κ2) is 7.63. The van der Waals surface area contributed by atoms with Crippen LogP contribution in [0.1, 0.15) is 15.9 Å². The Labute approximate surface area is 170 Å². The summed E-state index contributed by atoms with van der Waals surface area (Å²) < 4.78 is 6.05. The summed E-state index contributed by atoms with van der Waals surface area (Å²) in [5, 5.41) is 13.8. The molecule has 3 aromatic carbocycles. The molecule has 0 aliphatic carbocycles. The van der Waals surface area contributed by atoms with Crippen LogP contribution in [-0.2, 0) is 0 Å². The summed E-state index contributed by atoms with van der Waals surface area (Å²) in [7, 11) is 0. The van der Waals surface area contributed by atoms with Gasteiger partial charge in [-0.3, -0.25) is 19.7 Å². The highest BCUT2D eigenvalue weighted by atomic mass is 16.6. The third-order valence-electron chi connectivity index (χ3n) is 4.76. The topological polar surface area (TPSA) is 102 Å². The van der Waals surface area contributed by atoms with Gasteiger partial charge in [-0.25, -0.2) is 0 Å². The summed E-state index contributed by atoms with van der Waals surface area (Å²) in [6, 6.07) is 19.5. The van der Waals surface area contributed by atoms with E-state index in [1.807, 2.05) is 30.3 Å². The van der Waals surface area contributed by atoms with Crippen molar-refractivity contribution in [2.45, 2.75) is 6.92 Å². The van der Waals surface area contributed by atoms with Crippen molar-refractivity contribution in [2.75, 3.05) is 5.32 Å². The molecule has 0 radical (unpaired) electrons. The maximum absolute atomic E-state index is 12.9. The molecule has 0 aliphatic heterocycles. The Hall–Kier alpha value is -4.26. The summed E-state index contributed by atoms with van der Waals surface area (Å²) in [4.78, 5) is 36.1. The van der Waals surface area contributed by atoms with Crippen LogP contribution in [0.25, 0.3) is 22.3 Å².